The number of hydrogen-bond acceptors (Lipinski definition) is 5. The molecule has 1 atom stereocenters. The molecule has 7 nitrogen and oxygen atoms in total. The second-order valence-corrected chi connectivity index (χ2v) is 9.07. The number of nitrogens with one attached hydrogen (secondary N) is 2. The van der Waals surface area contributed by atoms with Gasteiger partial charge >= 0.3 is 0 Å². The van der Waals surface area contributed by atoms with Gasteiger partial charge in [-0.15, -0.1) is 0 Å². The smallest absolute Gasteiger partial charge is 0.213 e. The first-order valence-corrected chi connectivity index (χ1v) is 11.1. The molecular weight excluding hydrogens is 392 g/mol. The van der Waals surface area contributed by atoms with Crippen LogP contribution < -0.4 is 15.4 Å². The maximum absolute atomic E-state index is 6.14. The molecule has 7 heteroatoms. The normalized spacial score (nSPS) is 17.1. The van der Waals surface area contributed by atoms with Crippen LogP contribution in [0.3, 0.4) is 0 Å². The van der Waals surface area contributed by atoms with Crippen molar-refractivity contribution in [2.45, 2.75) is 59.5 Å². The van der Waals surface area contributed by atoms with E-state index in [1.54, 1.807) is 6.20 Å². The summed E-state index contributed by atoms with van der Waals surface area (Å²) < 4.78 is 17.5. The van der Waals surface area contributed by atoms with Gasteiger partial charge in [0.1, 0.15) is 11.5 Å². The summed E-state index contributed by atoms with van der Waals surface area (Å²) in [5.74, 6) is 3.60. The Kier molecular flexibility index (Phi) is 7.96. The number of hydrogen-bond donors (Lipinski definition) is 2. The maximum Gasteiger partial charge on any atom is 0.213 e. The van der Waals surface area contributed by atoms with Gasteiger partial charge in [0.15, 0.2) is 5.96 Å². The lowest BCUT2D eigenvalue weighted by atomic mass is 9.94. The fourth-order valence-corrected chi connectivity index (χ4v) is 3.25. The average Bonchev–Trinajstić information content (AvgIpc) is 3.41. The highest BCUT2D eigenvalue weighted by Gasteiger charge is 2.19. The van der Waals surface area contributed by atoms with Crippen molar-refractivity contribution in [2.75, 3.05) is 26.4 Å². The summed E-state index contributed by atoms with van der Waals surface area (Å²) in [7, 11) is 0. The zero-order valence-corrected chi connectivity index (χ0v) is 19.5. The zero-order chi connectivity index (χ0) is 22.3. The molecule has 0 radical (unpaired) electrons. The van der Waals surface area contributed by atoms with E-state index in [9.17, 15) is 0 Å². The van der Waals surface area contributed by atoms with Crippen molar-refractivity contribution in [1.29, 1.82) is 0 Å². The molecule has 1 unspecified atom stereocenters. The largest absolute Gasteiger partial charge is 0.493 e. The van der Waals surface area contributed by atoms with E-state index in [-0.39, 0.29) is 5.41 Å². The maximum atomic E-state index is 6.14. The highest BCUT2D eigenvalue weighted by atomic mass is 16.5. The van der Waals surface area contributed by atoms with Gasteiger partial charge in [0.05, 0.1) is 32.5 Å². The number of benzene rings is 1. The quantitative estimate of drug-likeness (QED) is 0.489. The lowest BCUT2D eigenvalue weighted by molar-refractivity contribution is 0.166. The Morgan fingerprint density at radius 3 is 2.81 bits per heavy atom. The Hall–Kier alpha value is -2.54. The molecule has 1 aliphatic rings. The van der Waals surface area contributed by atoms with Crippen LogP contribution in [0, 0.1) is 12.8 Å². The molecule has 0 spiro atoms. The minimum absolute atomic E-state index is 0.0592. The van der Waals surface area contributed by atoms with Crippen molar-refractivity contribution in [1.82, 2.24) is 15.6 Å². The van der Waals surface area contributed by atoms with Gasteiger partial charge in [-0.3, -0.25) is 0 Å². The summed E-state index contributed by atoms with van der Waals surface area (Å²) in [6.45, 7) is 14.5. The summed E-state index contributed by atoms with van der Waals surface area (Å²) in [6, 6.07) is 6.27. The van der Waals surface area contributed by atoms with Crippen molar-refractivity contribution < 1.29 is 13.9 Å². The Morgan fingerprint density at radius 1 is 1.29 bits per heavy atom. The number of nitrogens with zero attached hydrogens (tertiary/aromatic N) is 2. The van der Waals surface area contributed by atoms with Crippen LogP contribution in [-0.2, 0) is 23.2 Å². The third-order valence-electron chi connectivity index (χ3n) is 5.17. The predicted octanol–water partition coefficient (Wildman–Crippen LogP) is 3.95. The molecule has 2 heterocycles. The van der Waals surface area contributed by atoms with Gasteiger partial charge in [0.25, 0.3) is 0 Å². The predicted molar refractivity (Wildman–Crippen MR) is 122 cm³/mol. The molecule has 1 aromatic carbocycles. The van der Waals surface area contributed by atoms with E-state index in [0.717, 1.165) is 43.3 Å². The van der Waals surface area contributed by atoms with Crippen molar-refractivity contribution in [3.8, 4) is 5.75 Å². The molecule has 2 aromatic rings. The van der Waals surface area contributed by atoms with Gasteiger partial charge < -0.3 is 24.5 Å². The third kappa shape index (κ3) is 6.99. The Bertz CT molecular complexity index is 864. The van der Waals surface area contributed by atoms with Gasteiger partial charge in [-0.2, -0.15) is 0 Å². The van der Waals surface area contributed by atoms with Crippen molar-refractivity contribution >= 4 is 5.96 Å². The average molecular weight is 429 g/mol. The van der Waals surface area contributed by atoms with E-state index >= 15 is 0 Å². The van der Waals surface area contributed by atoms with Gasteiger partial charge in [-0.25, -0.2) is 9.98 Å². The van der Waals surface area contributed by atoms with Crippen LogP contribution in [-0.4, -0.2) is 37.3 Å². The molecule has 1 fully saturated rings. The van der Waals surface area contributed by atoms with Crippen molar-refractivity contribution in [3.05, 3.63) is 47.2 Å². The number of rotatable bonds is 8. The number of guanidine groups is 1. The van der Waals surface area contributed by atoms with Crippen molar-refractivity contribution in [3.63, 3.8) is 0 Å². The molecule has 170 valence electrons. The third-order valence-corrected chi connectivity index (χ3v) is 5.17. The van der Waals surface area contributed by atoms with E-state index in [1.165, 1.54) is 5.56 Å². The molecule has 2 N–H and O–H groups in total. The molecule has 1 aliphatic heterocycles. The number of aromatic nitrogens is 1. The standard InChI is InChI=1S/C24H36N4O3/c1-6-25-23(28-14-22-26-13-21(31-22)24(3,4)5)27-12-19-8-7-17(2)11-20(19)30-16-18-9-10-29-15-18/h7-8,11,13,18H,6,9-10,12,14-16H2,1-5H3,(H2,25,27,28). The lowest BCUT2D eigenvalue weighted by Crippen LogP contribution is -2.36. The Morgan fingerprint density at radius 2 is 2.13 bits per heavy atom. The monoisotopic (exact) mass is 428 g/mol. The second kappa shape index (κ2) is 10.7. The first-order chi connectivity index (χ1) is 14.8. The van der Waals surface area contributed by atoms with Crippen LogP contribution in [0.5, 0.6) is 5.75 Å². The fourth-order valence-electron chi connectivity index (χ4n) is 3.25. The molecule has 0 aliphatic carbocycles. The van der Waals surface area contributed by atoms with Crippen LogP contribution >= 0.6 is 0 Å². The highest BCUT2D eigenvalue weighted by Crippen LogP contribution is 2.24. The Balaban J connectivity index is 1.63. The number of aliphatic imine (C=N–C) groups is 1. The van der Waals surface area contributed by atoms with Crippen LogP contribution in [0.25, 0.3) is 0 Å². The van der Waals surface area contributed by atoms with E-state index in [1.807, 2.05) is 6.92 Å². The van der Waals surface area contributed by atoms with Gasteiger partial charge in [0, 0.05) is 30.0 Å². The minimum Gasteiger partial charge on any atom is -0.493 e. The van der Waals surface area contributed by atoms with E-state index in [2.05, 4.69) is 61.5 Å². The molecule has 3 rings (SSSR count). The Labute approximate surface area is 185 Å². The highest BCUT2D eigenvalue weighted by molar-refractivity contribution is 5.79. The number of aryl methyl sites for hydroxylation is 1. The molecule has 1 aromatic heterocycles. The zero-order valence-electron chi connectivity index (χ0n) is 19.5. The van der Waals surface area contributed by atoms with Crippen LogP contribution in [0.15, 0.2) is 33.8 Å². The molecule has 0 bridgehead atoms. The summed E-state index contributed by atoms with van der Waals surface area (Å²) in [6.07, 6.45) is 2.86. The number of oxazole rings is 1. The minimum atomic E-state index is -0.0592. The molecule has 1 saturated heterocycles. The molecule has 0 amide bonds. The number of ether oxygens (including phenoxy) is 2. The van der Waals surface area contributed by atoms with Gasteiger partial charge in [-0.1, -0.05) is 32.9 Å². The first-order valence-electron chi connectivity index (χ1n) is 11.1. The SMILES string of the molecule is CCNC(=NCc1ccc(C)cc1OCC1CCOC1)NCc1ncc(C(C)(C)C)o1. The summed E-state index contributed by atoms with van der Waals surface area (Å²) in [5, 5.41) is 6.58. The molecular formula is C24H36N4O3. The van der Waals surface area contributed by atoms with Crippen molar-refractivity contribution in [2.24, 2.45) is 10.9 Å². The molecule has 0 saturated carbocycles. The van der Waals surface area contributed by atoms with E-state index in [0.29, 0.717) is 37.5 Å². The van der Waals surface area contributed by atoms with Crippen LogP contribution in [0.1, 0.15) is 56.9 Å². The van der Waals surface area contributed by atoms with E-state index in [4.69, 9.17) is 18.9 Å². The first kappa shape index (κ1) is 23.1. The van der Waals surface area contributed by atoms with Crippen LogP contribution in [0.2, 0.25) is 0 Å². The summed E-state index contributed by atoms with van der Waals surface area (Å²) in [4.78, 5) is 9.12. The topological polar surface area (TPSA) is 80.9 Å². The fraction of sp³-hybridized carbons (Fsp3) is 0.583. The van der Waals surface area contributed by atoms with Crippen LogP contribution in [0.4, 0.5) is 0 Å². The van der Waals surface area contributed by atoms with Gasteiger partial charge in [-0.05, 0) is 31.9 Å². The summed E-state index contributed by atoms with van der Waals surface area (Å²) >= 11 is 0. The lowest BCUT2D eigenvalue weighted by Gasteiger charge is -2.15. The second-order valence-electron chi connectivity index (χ2n) is 9.07. The molecule has 31 heavy (non-hydrogen) atoms. The van der Waals surface area contributed by atoms with E-state index < -0.39 is 0 Å². The summed E-state index contributed by atoms with van der Waals surface area (Å²) in [5.41, 5.74) is 2.18. The van der Waals surface area contributed by atoms with Gasteiger partial charge in [0.2, 0.25) is 5.89 Å².